The fraction of sp³-hybridized carbons (Fsp3) is 0.556. The zero-order valence-corrected chi connectivity index (χ0v) is 10.6. The van der Waals surface area contributed by atoms with E-state index >= 15 is 0 Å². The lowest BCUT2D eigenvalue weighted by Crippen LogP contribution is -2.24. The van der Waals surface area contributed by atoms with Crippen molar-refractivity contribution in [1.29, 1.82) is 0 Å². The minimum Gasteiger partial charge on any atom is -0.392 e. The van der Waals surface area contributed by atoms with E-state index in [2.05, 4.69) is 4.72 Å². The van der Waals surface area contributed by atoms with E-state index in [9.17, 15) is 8.42 Å². The first-order chi connectivity index (χ1) is 7.60. The Morgan fingerprint density at radius 2 is 2.31 bits per heavy atom. The van der Waals surface area contributed by atoms with Crippen LogP contribution in [0.15, 0.2) is 15.7 Å². The number of rotatable bonds is 7. The van der Waals surface area contributed by atoms with Crippen LogP contribution in [0.1, 0.15) is 12.0 Å². The SMILES string of the molecule is COCCCNS(=O)(=O)c1cc(CO)cs1. The number of methoxy groups -OCH3 is 1. The van der Waals surface area contributed by atoms with E-state index in [1.807, 2.05) is 0 Å². The fourth-order valence-corrected chi connectivity index (χ4v) is 3.39. The van der Waals surface area contributed by atoms with Gasteiger partial charge in [-0.2, -0.15) is 0 Å². The molecule has 2 N–H and O–H groups in total. The number of thiophene rings is 1. The van der Waals surface area contributed by atoms with Crippen LogP contribution < -0.4 is 4.72 Å². The van der Waals surface area contributed by atoms with Gasteiger partial charge in [-0.25, -0.2) is 13.1 Å². The topological polar surface area (TPSA) is 75.6 Å². The Balaban J connectivity index is 2.56. The summed E-state index contributed by atoms with van der Waals surface area (Å²) in [5, 5.41) is 10.5. The molecule has 0 spiro atoms. The standard InChI is InChI=1S/C9H15NO4S2/c1-14-4-2-3-10-16(12,13)9-5-8(6-11)7-15-9/h5,7,10-11H,2-4,6H2,1H3. The number of nitrogens with one attached hydrogen (secondary N) is 1. The molecule has 1 aromatic rings. The first kappa shape index (κ1) is 13.6. The third-order valence-electron chi connectivity index (χ3n) is 1.89. The largest absolute Gasteiger partial charge is 0.392 e. The Morgan fingerprint density at radius 1 is 1.56 bits per heavy atom. The van der Waals surface area contributed by atoms with Crippen molar-refractivity contribution in [2.45, 2.75) is 17.2 Å². The van der Waals surface area contributed by atoms with E-state index in [1.54, 1.807) is 12.5 Å². The maximum Gasteiger partial charge on any atom is 0.250 e. The van der Waals surface area contributed by atoms with Crippen LogP contribution in [0.25, 0.3) is 0 Å². The Morgan fingerprint density at radius 3 is 2.88 bits per heavy atom. The van der Waals surface area contributed by atoms with Crippen LogP contribution in [0.5, 0.6) is 0 Å². The number of aliphatic hydroxyl groups is 1. The van der Waals surface area contributed by atoms with Gasteiger partial charge in [0.25, 0.3) is 0 Å². The molecule has 0 aliphatic heterocycles. The van der Waals surface area contributed by atoms with Gasteiger partial charge in [-0.1, -0.05) is 0 Å². The van der Waals surface area contributed by atoms with Gasteiger partial charge >= 0.3 is 0 Å². The van der Waals surface area contributed by atoms with Gasteiger partial charge in [0.2, 0.25) is 10.0 Å². The molecule has 0 aliphatic carbocycles. The first-order valence-corrected chi connectivity index (χ1v) is 7.13. The number of aliphatic hydroxyl groups excluding tert-OH is 1. The van der Waals surface area contributed by atoms with E-state index in [4.69, 9.17) is 9.84 Å². The fourth-order valence-electron chi connectivity index (χ4n) is 1.07. The maximum absolute atomic E-state index is 11.7. The van der Waals surface area contributed by atoms with E-state index in [-0.39, 0.29) is 10.8 Å². The molecule has 1 aromatic heterocycles. The molecule has 0 unspecified atom stereocenters. The zero-order chi connectivity index (χ0) is 12.0. The molecule has 1 rings (SSSR count). The van der Waals surface area contributed by atoms with Crippen LogP contribution >= 0.6 is 11.3 Å². The minimum atomic E-state index is -3.43. The minimum absolute atomic E-state index is 0.143. The Bertz CT molecular complexity index is 413. The van der Waals surface area contributed by atoms with Gasteiger partial charge < -0.3 is 9.84 Å². The Labute approximate surface area is 99.1 Å². The average molecular weight is 265 g/mol. The summed E-state index contributed by atoms with van der Waals surface area (Å²) in [6.45, 7) is 0.729. The maximum atomic E-state index is 11.7. The van der Waals surface area contributed by atoms with Crippen molar-refractivity contribution in [2.24, 2.45) is 0 Å². The molecule has 0 radical (unpaired) electrons. The normalized spacial score (nSPS) is 11.9. The van der Waals surface area contributed by atoms with Crippen molar-refractivity contribution in [3.63, 3.8) is 0 Å². The van der Waals surface area contributed by atoms with E-state index in [0.717, 1.165) is 11.3 Å². The lowest BCUT2D eigenvalue weighted by molar-refractivity contribution is 0.196. The molecule has 0 bridgehead atoms. The second-order valence-corrected chi connectivity index (χ2v) is 6.08. The Hall–Kier alpha value is -0.470. The zero-order valence-electron chi connectivity index (χ0n) is 8.97. The quantitative estimate of drug-likeness (QED) is 0.706. The van der Waals surface area contributed by atoms with Crippen LogP contribution in [0.4, 0.5) is 0 Å². The van der Waals surface area contributed by atoms with Crippen LogP contribution in [0.2, 0.25) is 0 Å². The molecule has 0 saturated carbocycles. The van der Waals surface area contributed by atoms with Gasteiger partial charge in [0.1, 0.15) is 4.21 Å². The number of ether oxygens (including phenoxy) is 1. The van der Waals surface area contributed by atoms with Crippen molar-refractivity contribution in [2.75, 3.05) is 20.3 Å². The van der Waals surface area contributed by atoms with Gasteiger partial charge in [0.15, 0.2) is 0 Å². The van der Waals surface area contributed by atoms with Crippen molar-refractivity contribution in [1.82, 2.24) is 4.72 Å². The third-order valence-corrected chi connectivity index (χ3v) is 4.84. The lowest BCUT2D eigenvalue weighted by atomic mass is 10.4. The van der Waals surface area contributed by atoms with Crippen molar-refractivity contribution < 1.29 is 18.3 Å². The Kier molecular flexibility index (Phi) is 5.36. The smallest absolute Gasteiger partial charge is 0.250 e. The molecule has 16 heavy (non-hydrogen) atoms. The first-order valence-electron chi connectivity index (χ1n) is 4.77. The lowest BCUT2D eigenvalue weighted by Gasteiger charge is -2.03. The number of hydrogen-bond acceptors (Lipinski definition) is 5. The van der Waals surface area contributed by atoms with Crippen LogP contribution in [0, 0.1) is 0 Å². The van der Waals surface area contributed by atoms with Gasteiger partial charge in [-0.15, -0.1) is 11.3 Å². The van der Waals surface area contributed by atoms with Gasteiger partial charge in [-0.3, -0.25) is 0 Å². The summed E-state index contributed by atoms with van der Waals surface area (Å²) in [7, 11) is -1.86. The van der Waals surface area contributed by atoms with Gasteiger partial charge in [-0.05, 0) is 23.4 Å². The monoisotopic (exact) mass is 265 g/mol. The summed E-state index contributed by atoms with van der Waals surface area (Å²) in [5.74, 6) is 0. The van der Waals surface area contributed by atoms with Crippen LogP contribution in [0.3, 0.4) is 0 Å². The van der Waals surface area contributed by atoms with Crippen LogP contribution in [-0.4, -0.2) is 33.8 Å². The summed E-state index contributed by atoms with van der Waals surface area (Å²) in [6, 6.07) is 1.48. The molecule has 1 heterocycles. The third kappa shape index (κ3) is 3.84. The molecule has 7 heteroatoms. The highest BCUT2D eigenvalue weighted by molar-refractivity contribution is 7.91. The summed E-state index contributed by atoms with van der Waals surface area (Å²) in [4.78, 5) is 0. The van der Waals surface area contributed by atoms with Crippen molar-refractivity contribution in [3.8, 4) is 0 Å². The van der Waals surface area contributed by atoms with E-state index < -0.39 is 10.0 Å². The molecule has 92 valence electrons. The van der Waals surface area contributed by atoms with Crippen molar-refractivity contribution in [3.05, 3.63) is 17.0 Å². The molecular weight excluding hydrogens is 250 g/mol. The molecule has 0 saturated heterocycles. The number of sulfonamides is 1. The van der Waals surface area contributed by atoms with Crippen molar-refractivity contribution >= 4 is 21.4 Å². The molecule has 0 atom stereocenters. The molecule has 0 aromatic carbocycles. The summed E-state index contributed by atoms with van der Waals surface area (Å²) in [5.41, 5.74) is 0.613. The average Bonchev–Trinajstić information content (AvgIpc) is 2.73. The summed E-state index contributed by atoms with van der Waals surface area (Å²) in [6.07, 6.45) is 0.633. The highest BCUT2D eigenvalue weighted by atomic mass is 32.2. The second kappa shape index (κ2) is 6.31. The predicted molar refractivity (Wildman–Crippen MR) is 61.9 cm³/mol. The summed E-state index contributed by atoms with van der Waals surface area (Å²) < 4.78 is 30.9. The highest BCUT2D eigenvalue weighted by Crippen LogP contribution is 2.19. The van der Waals surface area contributed by atoms with E-state index in [0.29, 0.717) is 25.1 Å². The molecule has 0 fully saturated rings. The molecule has 0 aliphatic rings. The molecular formula is C9H15NO4S2. The van der Waals surface area contributed by atoms with Gasteiger partial charge in [0.05, 0.1) is 6.61 Å². The molecule has 0 amide bonds. The predicted octanol–water partition coefficient (Wildman–Crippen LogP) is 0.555. The number of hydrogen-bond donors (Lipinski definition) is 2. The second-order valence-electron chi connectivity index (χ2n) is 3.18. The summed E-state index contributed by atoms with van der Waals surface area (Å²) >= 11 is 1.10. The van der Waals surface area contributed by atoms with Gasteiger partial charge in [0, 0.05) is 20.3 Å². The van der Waals surface area contributed by atoms with Crippen LogP contribution in [-0.2, 0) is 21.4 Å². The van der Waals surface area contributed by atoms with E-state index in [1.165, 1.54) is 6.07 Å². The molecule has 5 nitrogen and oxygen atoms in total. The highest BCUT2D eigenvalue weighted by Gasteiger charge is 2.15.